The van der Waals surface area contributed by atoms with E-state index in [4.69, 9.17) is 0 Å². The van der Waals surface area contributed by atoms with Gasteiger partial charge in [-0.3, -0.25) is 0 Å². The highest BCUT2D eigenvalue weighted by atomic mass is 32.2. The Kier molecular flexibility index (Phi) is 3.87. The molecule has 102 valence electrons. The van der Waals surface area contributed by atoms with Gasteiger partial charge >= 0.3 is 0 Å². The molecule has 0 aliphatic carbocycles. The Balaban J connectivity index is 2.06. The number of nitrogens with one attached hydrogen (secondary N) is 1. The fourth-order valence-electron chi connectivity index (χ4n) is 1.99. The lowest BCUT2D eigenvalue weighted by atomic mass is 10.3. The van der Waals surface area contributed by atoms with Crippen LogP contribution in [0, 0.1) is 0 Å². The Labute approximate surface area is 122 Å². The molecular weight excluding hydrogens is 268 g/mol. The van der Waals surface area contributed by atoms with E-state index in [1.807, 2.05) is 40.7 Å². The molecule has 20 heavy (non-hydrogen) atoms. The number of para-hydroxylation sites is 1. The summed E-state index contributed by atoms with van der Waals surface area (Å²) in [4.78, 5) is 0. The molecule has 0 amide bonds. The van der Waals surface area contributed by atoms with Crippen LogP contribution in [0.15, 0.2) is 54.3 Å². The molecule has 1 aliphatic heterocycles. The van der Waals surface area contributed by atoms with Crippen molar-refractivity contribution in [1.29, 1.82) is 0 Å². The van der Waals surface area contributed by atoms with Gasteiger partial charge in [-0.2, -0.15) is 0 Å². The van der Waals surface area contributed by atoms with Crippen LogP contribution in [-0.2, 0) is 0 Å². The first-order chi connectivity index (χ1) is 9.84. The molecule has 1 aliphatic rings. The number of nitrogens with zero attached hydrogens (tertiary/aromatic N) is 3. The van der Waals surface area contributed by atoms with E-state index in [-0.39, 0.29) is 0 Å². The summed E-state index contributed by atoms with van der Waals surface area (Å²) in [5.74, 6) is 1.91. The van der Waals surface area contributed by atoms with E-state index in [0.717, 1.165) is 34.1 Å². The largest absolute Gasteiger partial charge is 0.380 e. The average Bonchev–Trinajstić information content (AvgIpc) is 2.90. The molecule has 4 nitrogen and oxygen atoms in total. The van der Waals surface area contributed by atoms with Crippen molar-refractivity contribution >= 4 is 28.5 Å². The van der Waals surface area contributed by atoms with Crippen LogP contribution in [0.25, 0.3) is 16.7 Å². The number of hydrogen-bond acceptors (Lipinski definition) is 4. The Bertz CT molecular complexity index is 697. The van der Waals surface area contributed by atoms with E-state index in [9.17, 15) is 0 Å². The van der Waals surface area contributed by atoms with Crippen molar-refractivity contribution in [2.45, 2.75) is 6.92 Å². The summed E-state index contributed by atoms with van der Waals surface area (Å²) in [7, 11) is 0. The van der Waals surface area contributed by atoms with Crippen molar-refractivity contribution in [3.8, 4) is 0 Å². The quantitative estimate of drug-likeness (QED) is 0.874. The summed E-state index contributed by atoms with van der Waals surface area (Å²) in [6, 6.07) is 7.99. The standard InChI is InChI=1S/C15H16N4S/c1-12-8-9-13(5-4-10-20-11-16-12)19-15-7-3-2-6-14(15)17-18-19/h2-9,16H,10-11H2,1H3/b5-4+,12-8-,13-9+. The molecule has 0 spiro atoms. The molecule has 0 atom stereocenters. The molecule has 1 aromatic carbocycles. The minimum atomic E-state index is 0.909. The van der Waals surface area contributed by atoms with E-state index < -0.39 is 0 Å². The molecule has 0 fully saturated rings. The molecule has 0 radical (unpaired) electrons. The van der Waals surface area contributed by atoms with Gasteiger partial charge in [-0.15, -0.1) is 16.9 Å². The number of fused-ring (bicyclic) bond motifs is 1. The van der Waals surface area contributed by atoms with E-state index in [1.54, 1.807) is 0 Å². The maximum atomic E-state index is 4.26. The molecule has 0 saturated heterocycles. The highest BCUT2D eigenvalue weighted by molar-refractivity contribution is 7.99. The van der Waals surface area contributed by atoms with Gasteiger partial charge in [0.25, 0.3) is 0 Å². The lowest BCUT2D eigenvalue weighted by Crippen LogP contribution is -2.10. The summed E-state index contributed by atoms with van der Waals surface area (Å²) >= 11 is 1.85. The zero-order valence-electron chi connectivity index (χ0n) is 11.3. The van der Waals surface area contributed by atoms with Crippen LogP contribution in [0.4, 0.5) is 0 Å². The van der Waals surface area contributed by atoms with Crippen LogP contribution in [-0.4, -0.2) is 26.6 Å². The Hall–Kier alpha value is -2.01. The topological polar surface area (TPSA) is 42.7 Å². The van der Waals surface area contributed by atoms with Crippen molar-refractivity contribution in [3.63, 3.8) is 0 Å². The molecule has 5 heteroatoms. The molecule has 1 aromatic heterocycles. The highest BCUT2D eigenvalue weighted by Crippen LogP contribution is 2.17. The van der Waals surface area contributed by atoms with Crippen LogP contribution >= 0.6 is 11.8 Å². The SMILES string of the molecule is C/C1=C/C=C(n2nnc3ccccc32)\C=C\CSCN1. The van der Waals surface area contributed by atoms with Crippen molar-refractivity contribution in [2.24, 2.45) is 0 Å². The number of aromatic nitrogens is 3. The average molecular weight is 284 g/mol. The second-order valence-corrected chi connectivity index (χ2v) is 5.56. The zero-order chi connectivity index (χ0) is 13.8. The third kappa shape index (κ3) is 2.77. The van der Waals surface area contributed by atoms with Gasteiger partial charge in [0.2, 0.25) is 0 Å². The van der Waals surface area contributed by atoms with Gasteiger partial charge in [-0.25, -0.2) is 4.68 Å². The van der Waals surface area contributed by atoms with Gasteiger partial charge in [-0.1, -0.05) is 23.4 Å². The highest BCUT2D eigenvalue weighted by Gasteiger charge is 2.05. The van der Waals surface area contributed by atoms with Crippen molar-refractivity contribution in [3.05, 3.63) is 54.3 Å². The fourth-order valence-corrected chi connectivity index (χ4v) is 2.67. The summed E-state index contributed by atoms with van der Waals surface area (Å²) in [6.07, 6.45) is 8.39. The predicted octanol–water partition coefficient (Wildman–Crippen LogP) is 3.03. The van der Waals surface area contributed by atoms with Crippen LogP contribution in [0.5, 0.6) is 0 Å². The van der Waals surface area contributed by atoms with Gasteiger partial charge in [0.15, 0.2) is 0 Å². The van der Waals surface area contributed by atoms with Crippen LogP contribution < -0.4 is 5.32 Å². The number of benzene rings is 1. The third-order valence-corrected chi connectivity index (χ3v) is 3.83. The first-order valence-corrected chi connectivity index (χ1v) is 7.67. The molecular formula is C15H16N4S. The predicted molar refractivity (Wildman–Crippen MR) is 85.2 cm³/mol. The van der Waals surface area contributed by atoms with E-state index >= 15 is 0 Å². The minimum absolute atomic E-state index is 0.909. The zero-order valence-corrected chi connectivity index (χ0v) is 12.1. The maximum Gasteiger partial charge on any atom is 0.113 e. The molecule has 2 heterocycles. The number of thioether (sulfide) groups is 1. The van der Waals surface area contributed by atoms with Crippen LogP contribution in [0.2, 0.25) is 0 Å². The monoisotopic (exact) mass is 284 g/mol. The summed E-state index contributed by atoms with van der Waals surface area (Å²) < 4.78 is 1.88. The molecule has 0 saturated carbocycles. The first-order valence-electron chi connectivity index (χ1n) is 6.52. The van der Waals surface area contributed by atoms with Crippen molar-refractivity contribution in [2.75, 3.05) is 11.6 Å². The third-order valence-electron chi connectivity index (χ3n) is 3.06. The first kappa shape index (κ1) is 13.0. The van der Waals surface area contributed by atoms with Crippen molar-refractivity contribution in [1.82, 2.24) is 20.3 Å². The Morgan fingerprint density at radius 2 is 2.15 bits per heavy atom. The van der Waals surface area contributed by atoms with Crippen LogP contribution in [0.1, 0.15) is 6.92 Å². The Morgan fingerprint density at radius 3 is 3.10 bits per heavy atom. The van der Waals surface area contributed by atoms with E-state index in [0.29, 0.717) is 0 Å². The van der Waals surface area contributed by atoms with E-state index in [1.165, 1.54) is 0 Å². The van der Waals surface area contributed by atoms with Gasteiger partial charge in [0.05, 0.1) is 17.1 Å². The lowest BCUT2D eigenvalue weighted by molar-refractivity contribution is 0.844. The molecule has 1 N–H and O–H groups in total. The minimum Gasteiger partial charge on any atom is -0.380 e. The molecule has 0 unspecified atom stereocenters. The second-order valence-electron chi connectivity index (χ2n) is 4.53. The number of allylic oxidation sites excluding steroid dienone is 5. The summed E-state index contributed by atoms with van der Waals surface area (Å²) in [5.41, 5.74) is 4.09. The van der Waals surface area contributed by atoms with E-state index in [2.05, 4.69) is 46.9 Å². The fraction of sp³-hybridized carbons (Fsp3) is 0.200. The summed E-state index contributed by atoms with van der Waals surface area (Å²) in [6.45, 7) is 2.07. The van der Waals surface area contributed by atoms with Crippen molar-refractivity contribution < 1.29 is 0 Å². The molecule has 2 aromatic rings. The molecule has 3 rings (SSSR count). The maximum absolute atomic E-state index is 4.26. The molecule has 0 bridgehead atoms. The van der Waals surface area contributed by atoms with Crippen LogP contribution in [0.3, 0.4) is 0 Å². The lowest BCUT2D eigenvalue weighted by Gasteiger charge is -2.08. The Morgan fingerprint density at radius 1 is 1.25 bits per heavy atom. The number of rotatable bonds is 1. The summed E-state index contributed by atoms with van der Waals surface area (Å²) in [5, 5.41) is 11.8. The van der Waals surface area contributed by atoms with Gasteiger partial charge < -0.3 is 5.32 Å². The smallest absolute Gasteiger partial charge is 0.113 e. The second kappa shape index (κ2) is 5.96. The number of hydrogen-bond donors (Lipinski definition) is 1. The normalized spacial score (nSPS) is 23.2. The van der Waals surface area contributed by atoms with Gasteiger partial charge in [-0.05, 0) is 37.3 Å². The van der Waals surface area contributed by atoms with Gasteiger partial charge in [0, 0.05) is 11.4 Å². The van der Waals surface area contributed by atoms with Gasteiger partial charge in [0.1, 0.15) is 5.52 Å².